The Labute approximate surface area is 123 Å². The number of benzene rings is 1. The quantitative estimate of drug-likeness (QED) is 0.822. The van der Waals surface area contributed by atoms with Gasteiger partial charge < -0.3 is 5.11 Å². The average Bonchev–Trinajstić information content (AvgIpc) is 2.39. The molecule has 1 unspecified atom stereocenters. The summed E-state index contributed by atoms with van der Waals surface area (Å²) < 4.78 is 0.870. The Bertz CT molecular complexity index is 434. The first kappa shape index (κ1) is 16.2. The van der Waals surface area contributed by atoms with Gasteiger partial charge >= 0.3 is 5.97 Å². The Kier molecular flexibility index (Phi) is 6.52. The lowest BCUT2D eigenvalue weighted by Gasteiger charge is -2.24. The fourth-order valence-electron chi connectivity index (χ4n) is 1.92. The molecule has 106 valence electrons. The maximum absolute atomic E-state index is 10.9. The van der Waals surface area contributed by atoms with E-state index in [1.807, 2.05) is 6.07 Å². The highest BCUT2D eigenvalue weighted by atomic mass is 79.9. The van der Waals surface area contributed by atoms with Crippen LogP contribution < -0.4 is 0 Å². The summed E-state index contributed by atoms with van der Waals surface area (Å²) in [6, 6.07) is 5.24. The molecule has 0 amide bonds. The first-order chi connectivity index (χ1) is 8.97. The van der Waals surface area contributed by atoms with Crippen LogP contribution in [0, 0.1) is 5.92 Å². The lowest BCUT2D eigenvalue weighted by atomic mass is 10.1. The van der Waals surface area contributed by atoms with E-state index in [4.69, 9.17) is 5.11 Å². The Morgan fingerprint density at radius 1 is 1.42 bits per heavy atom. The molecule has 1 rings (SSSR count). The van der Waals surface area contributed by atoms with Gasteiger partial charge in [-0.15, -0.1) is 0 Å². The van der Waals surface area contributed by atoms with Gasteiger partial charge in [0.05, 0.1) is 5.56 Å². The van der Waals surface area contributed by atoms with Gasteiger partial charge in [0, 0.05) is 17.6 Å². The SMILES string of the molecule is CCC(C)CN(CC)Cc1ccc(C(=O)O)cc1Br. The predicted molar refractivity (Wildman–Crippen MR) is 81.5 cm³/mol. The zero-order chi connectivity index (χ0) is 14.4. The van der Waals surface area contributed by atoms with Crippen LogP contribution in [0.4, 0.5) is 0 Å². The van der Waals surface area contributed by atoms with E-state index in [0.29, 0.717) is 11.5 Å². The molecular formula is C15H22BrNO2. The number of aromatic carboxylic acids is 1. The molecule has 1 aromatic rings. The number of hydrogen-bond donors (Lipinski definition) is 1. The van der Waals surface area contributed by atoms with E-state index >= 15 is 0 Å². The summed E-state index contributed by atoms with van der Waals surface area (Å²) in [5.74, 6) is -0.212. The fourth-order valence-corrected chi connectivity index (χ4v) is 2.43. The van der Waals surface area contributed by atoms with Crippen LogP contribution in [0.1, 0.15) is 43.1 Å². The molecule has 4 heteroatoms. The summed E-state index contributed by atoms with van der Waals surface area (Å²) in [4.78, 5) is 13.3. The molecule has 3 nitrogen and oxygen atoms in total. The van der Waals surface area contributed by atoms with Crippen LogP contribution >= 0.6 is 15.9 Å². The van der Waals surface area contributed by atoms with Crippen LogP contribution in [0.25, 0.3) is 0 Å². The second kappa shape index (κ2) is 7.65. The topological polar surface area (TPSA) is 40.5 Å². The number of carbonyl (C=O) groups is 1. The third kappa shape index (κ3) is 4.96. The van der Waals surface area contributed by atoms with Crippen molar-refractivity contribution >= 4 is 21.9 Å². The lowest BCUT2D eigenvalue weighted by Crippen LogP contribution is -2.28. The van der Waals surface area contributed by atoms with E-state index in [2.05, 4.69) is 41.6 Å². The van der Waals surface area contributed by atoms with Gasteiger partial charge in [-0.05, 0) is 30.2 Å². The molecule has 0 fully saturated rings. The van der Waals surface area contributed by atoms with Crippen LogP contribution in [0.15, 0.2) is 22.7 Å². The van der Waals surface area contributed by atoms with Gasteiger partial charge in [0.25, 0.3) is 0 Å². The van der Waals surface area contributed by atoms with Crippen molar-refractivity contribution in [3.05, 3.63) is 33.8 Å². The van der Waals surface area contributed by atoms with E-state index in [9.17, 15) is 4.79 Å². The van der Waals surface area contributed by atoms with E-state index in [1.165, 1.54) is 6.42 Å². The van der Waals surface area contributed by atoms with Gasteiger partial charge in [-0.2, -0.15) is 0 Å². The second-order valence-corrected chi connectivity index (χ2v) is 5.81. The largest absolute Gasteiger partial charge is 0.478 e. The Morgan fingerprint density at radius 2 is 2.11 bits per heavy atom. The van der Waals surface area contributed by atoms with Crippen molar-refractivity contribution in [3.63, 3.8) is 0 Å². The van der Waals surface area contributed by atoms with Crippen molar-refractivity contribution in [1.29, 1.82) is 0 Å². The van der Waals surface area contributed by atoms with Crippen molar-refractivity contribution in [2.45, 2.75) is 33.7 Å². The highest BCUT2D eigenvalue weighted by Crippen LogP contribution is 2.21. The summed E-state index contributed by atoms with van der Waals surface area (Å²) in [7, 11) is 0. The normalized spacial score (nSPS) is 12.7. The molecule has 19 heavy (non-hydrogen) atoms. The maximum Gasteiger partial charge on any atom is 0.335 e. The third-order valence-electron chi connectivity index (χ3n) is 3.41. The second-order valence-electron chi connectivity index (χ2n) is 4.95. The molecule has 0 aromatic heterocycles. The van der Waals surface area contributed by atoms with E-state index < -0.39 is 5.97 Å². The molecule has 1 atom stereocenters. The molecule has 0 bridgehead atoms. The van der Waals surface area contributed by atoms with E-state index in [0.717, 1.165) is 29.7 Å². The molecule has 0 saturated heterocycles. The zero-order valence-corrected chi connectivity index (χ0v) is 13.4. The Balaban J connectivity index is 2.77. The smallest absolute Gasteiger partial charge is 0.335 e. The summed E-state index contributed by atoms with van der Waals surface area (Å²) in [6.07, 6.45) is 1.18. The fraction of sp³-hybridized carbons (Fsp3) is 0.533. The highest BCUT2D eigenvalue weighted by Gasteiger charge is 2.11. The molecule has 0 aliphatic heterocycles. The molecule has 1 N–H and O–H groups in total. The summed E-state index contributed by atoms with van der Waals surface area (Å²) >= 11 is 3.47. The first-order valence-electron chi connectivity index (χ1n) is 6.72. The minimum Gasteiger partial charge on any atom is -0.478 e. The van der Waals surface area contributed by atoms with Crippen LogP contribution in [0.2, 0.25) is 0 Å². The number of nitrogens with zero attached hydrogens (tertiary/aromatic N) is 1. The van der Waals surface area contributed by atoms with Crippen molar-refractivity contribution in [2.24, 2.45) is 5.92 Å². The molecular weight excluding hydrogens is 306 g/mol. The van der Waals surface area contributed by atoms with Crippen LogP contribution in [0.5, 0.6) is 0 Å². The van der Waals surface area contributed by atoms with E-state index in [1.54, 1.807) is 12.1 Å². The highest BCUT2D eigenvalue weighted by molar-refractivity contribution is 9.10. The van der Waals surface area contributed by atoms with Crippen LogP contribution in [-0.4, -0.2) is 29.1 Å². The van der Waals surface area contributed by atoms with Gasteiger partial charge in [0.2, 0.25) is 0 Å². The zero-order valence-electron chi connectivity index (χ0n) is 11.8. The number of halogens is 1. The van der Waals surface area contributed by atoms with Crippen molar-refractivity contribution in [1.82, 2.24) is 4.90 Å². The Morgan fingerprint density at radius 3 is 2.58 bits per heavy atom. The minimum absolute atomic E-state index is 0.320. The number of hydrogen-bond acceptors (Lipinski definition) is 2. The van der Waals surface area contributed by atoms with Gasteiger partial charge in [-0.25, -0.2) is 4.79 Å². The molecule has 0 aliphatic carbocycles. The molecule has 0 saturated carbocycles. The average molecular weight is 328 g/mol. The van der Waals surface area contributed by atoms with Crippen LogP contribution in [0.3, 0.4) is 0 Å². The molecule has 1 aromatic carbocycles. The van der Waals surface area contributed by atoms with Crippen molar-refractivity contribution in [2.75, 3.05) is 13.1 Å². The first-order valence-corrected chi connectivity index (χ1v) is 7.51. The van der Waals surface area contributed by atoms with Crippen LogP contribution in [-0.2, 0) is 6.54 Å². The Hall–Kier alpha value is -0.870. The van der Waals surface area contributed by atoms with Gasteiger partial charge in [-0.1, -0.05) is 49.2 Å². The number of carboxylic acid groups (broad SMARTS) is 1. The lowest BCUT2D eigenvalue weighted by molar-refractivity contribution is 0.0697. The van der Waals surface area contributed by atoms with Crippen molar-refractivity contribution < 1.29 is 9.90 Å². The maximum atomic E-state index is 10.9. The predicted octanol–water partition coefficient (Wildman–Crippen LogP) is 4.02. The van der Waals surface area contributed by atoms with E-state index in [-0.39, 0.29) is 0 Å². The number of carboxylic acids is 1. The monoisotopic (exact) mass is 327 g/mol. The third-order valence-corrected chi connectivity index (χ3v) is 4.15. The summed E-state index contributed by atoms with van der Waals surface area (Å²) in [6.45, 7) is 9.53. The van der Waals surface area contributed by atoms with Gasteiger partial charge in [-0.3, -0.25) is 4.90 Å². The van der Waals surface area contributed by atoms with Gasteiger partial charge in [0.1, 0.15) is 0 Å². The minimum atomic E-state index is -0.890. The summed E-state index contributed by atoms with van der Waals surface area (Å²) in [5, 5.41) is 8.95. The molecule has 0 spiro atoms. The summed E-state index contributed by atoms with van der Waals surface area (Å²) in [5.41, 5.74) is 1.45. The number of rotatable bonds is 7. The molecule has 0 heterocycles. The standard InChI is InChI=1S/C15H22BrNO2/c1-4-11(3)9-17(5-2)10-13-7-6-12(15(18)19)8-14(13)16/h6-8,11H,4-5,9-10H2,1-3H3,(H,18,19). The molecule has 0 aliphatic rings. The molecule has 0 radical (unpaired) electrons. The van der Waals surface area contributed by atoms with Gasteiger partial charge in [0.15, 0.2) is 0 Å². The van der Waals surface area contributed by atoms with Crippen molar-refractivity contribution in [3.8, 4) is 0 Å².